The number of ether oxygens (including phenoxy) is 2. The van der Waals surface area contributed by atoms with Crippen LogP contribution in [0.1, 0.15) is 47.5 Å². The molecular weight excluding hydrogens is 432 g/mol. The molecule has 2 amide bonds. The second-order valence-corrected chi connectivity index (χ2v) is 8.97. The van der Waals surface area contributed by atoms with Crippen molar-refractivity contribution in [1.29, 1.82) is 0 Å². The molecule has 3 aromatic rings. The number of fused-ring (bicyclic) bond motifs is 1. The zero-order chi connectivity index (χ0) is 23.5. The lowest BCUT2D eigenvalue weighted by Gasteiger charge is -2.32. The Labute approximate surface area is 199 Å². The van der Waals surface area contributed by atoms with E-state index in [4.69, 9.17) is 9.47 Å². The minimum absolute atomic E-state index is 0.000920. The Morgan fingerprint density at radius 2 is 1.68 bits per heavy atom. The summed E-state index contributed by atoms with van der Waals surface area (Å²) in [6.45, 7) is 3.06. The maximum atomic E-state index is 12.9. The third-order valence-electron chi connectivity index (χ3n) is 6.91. The van der Waals surface area contributed by atoms with Crippen molar-refractivity contribution >= 4 is 17.3 Å². The smallest absolute Gasteiger partial charge is 0.260 e. The summed E-state index contributed by atoms with van der Waals surface area (Å²) in [7, 11) is 1.61. The third kappa shape index (κ3) is 4.58. The Morgan fingerprint density at radius 3 is 2.38 bits per heavy atom. The number of carbonyl (C=O) groups excluding carboxylic acids is 2. The van der Waals surface area contributed by atoms with Gasteiger partial charge in [0, 0.05) is 32.4 Å². The van der Waals surface area contributed by atoms with E-state index in [0.717, 1.165) is 50.0 Å². The lowest BCUT2D eigenvalue weighted by molar-refractivity contribution is -0.134. The summed E-state index contributed by atoms with van der Waals surface area (Å²) >= 11 is 0. The number of hydrogen-bond donors (Lipinski definition) is 0. The average Bonchev–Trinajstić information content (AvgIpc) is 3.57. The van der Waals surface area contributed by atoms with Gasteiger partial charge in [0.2, 0.25) is 0 Å². The van der Waals surface area contributed by atoms with Crippen molar-refractivity contribution < 1.29 is 19.1 Å². The highest BCUT2D eigenvalue weighted by Crippen LogP contribution is 2.30. The maximum absolute atomic E-state index is 12.9. The van der Waals surface area contributed by atoms with E-state index in [1.807, 2.05) is 28.1 Å². The van der Waals surface area contributed by atoms with Crippen molar-refractivity contribution in [3.05, 3.63) is 59.9 Å². The van der Waals surface area contributed by atoms with Crippen LogP contribution in [0.2, 0.25) is 0 Å². The van der Waals surface area contributed by atoms with E-state index < -0.39 is 0 Å². The minimum Gasteiger partial charge on any atom is -0.497 e. The SMILES string of the molecule is COc1ccc(OCC(=O)N2CCC(c3ccn4ncc(C(=O)N5CCCC5)c4c3)CC2)cc1. The van der Waals surface area contributed by atoms with Crippen molar-refractivity contribution in [1.82, 2.24) is 19.4 Å². The zero-order valence-corrected chi connectivity index (χ0v) is 19.5. The van der Waals surface area contributed by atoms with Crippen LogP contribution in [0.4, 0.5) is 0 Å². The van der Waals surface area contributed by atoms with Gasteiger partial charge in [-0.1, -0.05) is 0 Å². The van der Waals surface area contributed by atoms with Crippen molar-refractivity contribution in [2.45, 2.75) is 31.6 Å². The molecule has 4 heterocycles. The van der Waals surface area contributed by atoms with Gasteiger partial charge in [-0.25, -0.2) is 4.52 Å². The second kappa shape index (κ2) is 9.75. The Kier molecular flexibility index (Phi) is 6.38. The number of pyridine rings is 1. The number of hydrogen-bond acceptors (Lipinski definition) is 5. The normalized spacial score (nSPS) is 16.7. The lowest BCUT2D eigenvalue weighted by atomic mass is 9.89. The van der Waals surface area contributed by atoms with Crippen LogP contribution >= 0.6 is 0 Å². The summed E-state index contributed by atoms with van der Waals surface area (Å²) in [5.74, 6) is 1.82. The van der Waals surface area contributed by atoms with E-state index in [1.165, 1.54) is 5.56 Å². The molecule has 8 heteroatoms. The Morgan fingerprint density at radius 1 is 0.971 bits per heavy atom. The van der Waals surface area contributed by atoms with Gasteiger partial charge in [-0.2, -0.15) is 5.10 Å². The molecular formula is C26H30N4O4. The predicted molar refractivity (Wildman–Crippen MR) is 127 cm³/mol. The van der Waals surface area contributed by atoms with E-state index in [2.05, 4.69) is 17.2 Å². The first-order valence-electron chi connectivity index (χ1n) is 11.9. The molecule has 2 aliphatic rings. The summed E-state index contributed by atoms with van der Waals surface area (Å²) < 4.78 is 12.6. The standard InChI is InChI=1S/C26H30N4O4/c1-33-21-4-6-22(7-5-21)34-18-25(31)28-13-8-19(9-14-28)20-10-15-30-24(16-20)23(17-27-30)26(32)29-11-2-3-12-29/h4-7,10,15-17,19H,2-3,8-9,11-14,18H2,1H3. The van der Waals surface area contributed by atoms with Gasteiger partial charge in [0.15, 0.2) is 6.61 Å². The van der Waals surface area contributed by atoms with E-state index in [1.54, 1.807) is 30.0 Å². The predicted octanol–water partition coefficient (Wildman–Crippen LogP) is 3.36. The van der Waals surface area contributed by atoms with E-state index in [9.17, 15) is 9.59 Å². The van der Waals surface area contributed by atoms with Gasteiger partial charge in [-0.15, -0.1) is 0 Å². The number of rotatable bonds is 6. The number of amides is 2. The van der Waals surface area contributed by atoms with Crippen molar-refractivity contribution in [3.8, 4) is 11.5 Å². The molecule has 178 valence electrons. The fraction of sp³-hybridized carbons (Fsp3) is 0.423. The first kappa shape index (κ1) is 22.3. The average molecular weight is 463 g/mol. The molecule has 0 spiro atoms. The second-order valence-electron chi connectivity index (χ2n) is 8.97. The molecule has 2 saturated heterocycles. The Bertz CT molecular complexity index is 1160. The summed E-state index contributed by atoms with van der Waals surface area (Å²) in [6.07, 6.45) is 7.52. The summed E-state index contributed by atoms with van der Waals surface area (Å²) in [4.78, 5) is 29.4. The molecule has 5 rings (SSSR count). The van der Waals surface area contributed by atoms with Gasteiger partial charge in [0.25, 0.3) is 11.8 Å². The molecule has 0 radical (unpaired) electrons. The van der Waals surface area contributed by atoms with Crippen LogP contribution in [-0.2, 0) is 4.79 Å². The molecule has 2 aromatic heterocycles. The zero-order valence-electron chi connectivity index (χ0n) is 19.5. The number of benzene rings is 1. The molecule has 0 bridgehead atoms. The maximum Gasteiger partial charge on any atom is 0.260 e. The van der Waals surface area contributed by atoms with E-state index in [-0.39, 0.29) is 18.4 Å². The molecule has 0 unspecified atom stereocenters. The summed E-state index contributed by atoms with van der Waals surface area (Å²) in [5, 5.41) is 4.38. The summed E-state index contributed by atoms with van der Waals surface area (Å²) in [5.41, 5.74) is 2.73. The number of methoxy groups -OCH3 is 1. The lowest BCUT2D eigenvalue weighted by Crippen LogP contribution is -2.40. The van der Waals surface area contributed by atoms with Crippen LogP contribution in [0.5, 0.6) is 11.5 Å². The van der Waals surface area contributed by atoms with Gasteiger partial charge in [-0.3, -0.25) is 9.59 Å². The number of aromatic nitrogens is 2. The number of carbonyl (C=O) groups is 2. The number of likely N-dealkylation sites (tertiary alicyclic amines) is 2. The molecule has 0 N–H and O–H groups in total. The van der Waals surface area contributed by atoms with Gasteiger partial charge >= 0.3 is 0 Å². The van der Waals surface area contributed by atoms with Crippen LogP contribution in [0.15, 0.2) is 48.8 Å². The van der Waals surface area contributed by atoms with Crippen LogP contribution in [-0.4, -0.2) is 71.1 Å². The fourth-order valence-electron chi connectivity index (χ4n) is 4.88. The van der Waals surface area contributed by atoms with Gasteiger partial charge in [-0.05, 0) is 73.6 Å². The van der Waals surface area contributed by atoms with Crippen molar-refractivity contribution in [2.24, 2.45) is 0 Å². The van der Waals surface area contributed by atoms with Crippen LogP contribution in [0.25, 0.3) is 5.52 Å². The van der Waals surface area contributed by atoms with Gasteiger partial charge in [0.05, 0.1) is 24.4 Å². The summed E-state index contributed by atoms with van der Waals surface area (Å²) in [6, 6.07) is 11.4. The Hall–Kier alpha value is -3.55. The van der Waals surface area contributed by atoms with Crippen LogP contribution < -0.4 is 9.47 Å². The fourth-order valence-corrected chi connectivity index (χ4v) is 4.88. The highest BCUT2D eigenvalue weighted by Gasteiger charge is 2.26. The van der Waals surface area contributed by atoms with E-state index in [0.29, 0.717) is 30.3 Å². The third-order valence-corrected chi connectivity index (χ3v) is 6.91. The number of piperidine rings is 1. The van der Waals surface area contributed by atoms with E-state index >= 15 is 0 Å². The highest BCUT2D eigenvalue weighted by atomic mass is 16.5. The van der Waals surface area contributed by atoms with Gasteiger partial charge < -0.3 is 19.3 Å². The molecule has 0 aliphatic carbocycles. The molecule has 2 aliphatic heterocycles. The monoisotopic (exact) mass is 462 g/mol. The van der Waals surface area contributed by atoms with Crippen molar-refractivity contribution in [3.63, 3.8) is 0 Å². The first-order valence-corrected chi connectivity index (χ1v) is 11.9. The molecule has 8 nitrogen and oxygen atoms in total. The highest BCUT2D eigenvalue weighted by molar-refractivity contribution is 6.00. The van der Waals surface area contributed by atoms with Crippen molar-refractivity contribution in [2.75, 3.05) is 39.9 Å². The van der Waals surface area contributed by atoms with Crippen LogP contribution in [0.3, 0.4) is 0 Å². The molecule has 34 heavy (non-hydrogen) atoms. The van der Waals surface area contributed by atoms with Crippen LogP contribution in [0, 0.1) is 0 Å². The topological polar surface area (TPSA) is 76.4 Å². The molecule has 0 saturated carbocycles. The molecule has 0 atom stereocenters. The number of nitrogens with zero attached hydrogens (tertiary/aromatic N) is 4. The largest absolute Gasteiger partial charge is 0.497 e. The first-order chi connectivity index (χ1) is 16.6. The molecule has 1 aromatic carbocycles. The quantitative estimate of drug-likeness (QED) is 0.562. The Balaban J connectivity index is 1.19. The minimum atomic E-state index is -0.000920. The van der Waals surface area contributed by atoms with Gasteiger partial charge in [0.1, 0.15) is 11.5 Å². The molecule has 2 fully saturated rings.